The molecule has 1 fully saturated rings. The summed E-state index contributed by atoms with van der Waals surface area (Å²) >= 11 is 5.00. The van der Waals surface area contributed by atoms with Crippen LogP contribution >= 0.6 is 12.2 Å². The van der Waals surface area contributed by atoms with Gasteiger partial charge in [-0.25, -0.2) is 4.98 Å². The Bertz CT molecular complexity index is 408. The van der Waals surface area contributed by atoms with Gasteiger partial charge in [-0.05, 0) is 37.3 Å². The zero-order chi connectivity index (χ0) is 12.3. The average Bonchev–Trinajstić information content (AvgIpc) is 2.32. The van der Waals surface area contributed by atoms with Crippen molar-refractivity contribution in [2.45, 2.75) is 38.7 Å². The zero-order valence-corrected chi connectivity index (χ0v) is 10.9. The maximum Gasteiger partial charge on any atom is 0.224 e. The molecule has 2 atom stereocenters. The minimum Gasteiger partial charge on any atom is -0.474 e. The summed E-state index contributed by atoms with van der Waals surface area (Å²) < 4.78 is 5.98. The summed E-state index contributed by atoms with van der Waals surface area (Å²) in [7, 11) is 0. The van der Waals surface area contributed by atoms with Gasteiger partial charge in [-0.15, -0.1) is 0 Å². The molecule has 0 aromatic carbocycles. The summed E-state index contributed by atoms with van der Waals surface area (Å²) in [5.41, 5.74) is 6.40. The van der Waals surface area contributed by atoms with E-state index in [-0.39, 0.29) is 6.10 Å². The third-order valence-electron chi connectivity index (χ3n) is 3.33. The molecule has 92 valence electrons. The fourth-order valence-corrected chi connectivity index (χ4v) is 2.43. The number of hydrogen-bond donors (Lipinski definition) is 1. The molecule has 0 saturated heterocycles. The normalized spacial score (nSPS) is 24.3. The lowest BCUT2D eigenvalue weighted by atomic mass is 9.88. The van der Waals surface area contributed by atoms with Crippen molar-refractivity contribution in [1.82, 2.24) is 4.98 Å². The standard InChI is InChI=1S/C13H18N2OS/c1-9-5-2-3-7-11(9)16-13-10(12(14)17)6-4-8-15-13/h4,6,8-9,11H,2-3,5,7H2,1H3,(H2,14,17). The first kappa shape index (κ1) is 12.3. The second-order valence-corrected chi connectivity index (χ2v) is 5.08. The van der Waals surface area contributed by atoms with E-state index in [1.165, 1.54) is 19.3 Å². The smallest absolute Gasteiger partial charge is 0.224 e. The van der Waals surface area contributed by atoms with Gasteiger partial charge in [0.15, 0.2) is 0 Å². The van der Waals surface area contributed by atoms with E-state index in [0.717, 1.165) is 12.0 Å². The number of rotatable bonds is 3. The van der Waals surface area contributed by atoms with Crippen LogP contribution in [-0.4, -0.2) is 16.1 Å². The topological polar surface area (TPSA) is 48.1 Å². The number of nitrogens with zero attached hydrogens (tertiary/aromatic N) is 1. The summed E-state index contributed by atoms with van der Waals surface area (Å²) in [6.07, 6.45) is 6.79. The maximum atomic E-state index is 5.98. The van der Waals surface area contributed by atoms with Crippen molar-refractivity contribution in [3.8, 4) is 5.88 Å². The Morgan fingerprint density at radius 1 is 1.47 bits per heavy atom. The summed E-state index contributed by atoms with van der Waals surface area (Å²) in [5, 5.41) is 0. The van der Waals surface area contributed by atoms with E-state index in [1.807, 2.05) is 12.1 Å². The fraction of sp³-hybridized carbons (Fsp3) is 0.538. The summed E-state index contributed by atoms with van der Waals surface area (Å²) in [5.74, 6) is 1.16. The van der Waals surface area contributed by atoms with Gasteiger partial charge in [-0.2, -0.15) is 0 Å². The predicted molar refractivity (Wildman–Crippen MR) is 72.2 cm³/mol. The zero-order valence-electron chi connectivity index (χ0n) is 10.1. The first-order chi connectivity index (χ1) is 8.18. The highest BCUT2D eigenvalue weighted by atomic mass is 32.1. The number of nitrogens with two attached hydrogens (primary N) is 1. The summed E-state index contributed by atoms with van der Waals surface area (Å²) in [4.78, 5) is 4.58. The lowest BCUT2D eigenvalue weighted by Crippen LogP contribution is -2.29. The van der Waals surface area contributed by atoms with Crippen LogP contribution in [-0.2, 0) is 0 Å². The molecule has 1 aromatic heterocycles. The van der Waals surface area contributed by atoms with E-state index in [2.05, 4.69) is 11.9 Å². The molecule has 4 heteroatoms. The van der Waals surface area contributed by atoms with Gasteiger partial charge in [0.2, 0.25) is 5.88 Å². The highest BCUT2D eigenvalue weighted by Gasteiger charge is 2.24. The van der Waals surface area contributed by atoms with Crippen LogP contribution in [0.5, 0.6) is 5.88 Å². The van der Waals surface area contributed by atoms with E-state index in [1.54, 1.807) is 6.20 Å². The number of hydrogen-bond acceptors (Lipinski definition) is 3. The molecule has 2 unspecified atom stereocenters. The van der Waals surface area contributed by atoms with Gasteiger partial charge in [-0.1, -0.05) is 25.6 Å². The van der Waals surface area contributed by atoms with Crippen LogP contribution in [0.1, 0.15) is 38.2 Å². The van der Waals surface area contributed by atoms with Crippen LogP contribution < -0.4 is 10.5 Å². The predicted octanol–water partition coefficient (Wildman–Crippen LogP) is 2.67. The Kier molecular flexibility index (Phi) is 3.94. The molecular formula is C13H18N2OS. The highest BCUT2D eigenvalue weighted by Crippen LogP contribution is 2.28. The average molecular weight is 250 g/mol. The van der Waals surface area contributed by atoms with E-state index in [0.29, 0.717) is 16.8 Å². The van der Waals surface area contributed by atoms with E-state index >= 15 is 0 Å². The monoisotopic (exact) mass is 250 g/mol. The molecule has 3 nitrogen and oxygen atoms in total. The first-order valence-corrected chi connectivity index (χ1v) is 6.51. The van der Waals surface area contributed by atoms with Crippen molar-refractivity contribution in [1.29, 1.82) is 0 Å². The molecule has 17 heavy (non-hydrogen) atoms. The van der Waals surface area contributed by atoms with E-state index in [4.69, 9.17) is 22.7 Å². The van der Waals surface area contributed by atoms with Crippen LogP contribution in [0, 0.1) is 5.92 Å². The van der Waals surface area contributed by atoms with Gasteiger partial charge >= 0.3 is 0 Å². The molecule has 0 aliphatic heterocycles. The number of ether oxygens (including phenoxy) is 1. The number of aromatic nitrogens is 1. The molecule has 0 spiro atoms. The number of thiocarbonyl (C=S) groups is 1. The van der Waals surface area contributed by atoms with Crippen molar-refractivity contribution in [2.24, 2.45) is 11.7 Å². The third-order valence-corrected chi connectivity index (χ3v) is 3.55. The molecule has 2 N–H and O–H groups in total. The van der Waals surface area contributed by atoms with Crippen molar-refractivity contribution in [3.05, 3.63) is 23.9 Å². The Balaban J connectivity index is 2.14. The third kappa shape index (κ3) is 2.94. The Morgan fingerprint density at radius 3 is 2.94 bits per heavy atom. The van der Waals surface area contributed by atoms with Gasteiger partial charge < -0.3 is 10.5 Å². The van der Waals surface area contributed by atoms with Crippen LogP contribution in [0.15, 0.2) is 18.3 Å². The lowest BCUT2D eigenvalue weighted by molar-refractivity contribution is 0.0974. The van der Waals surface area contributed by atoms with Gasteiger partial charge in [0.25, 0.3) is 0 Å². The second kappa shape index (κ2) is 5.45. The molecule has 2 rings (SSSR count). The molecule has 1 aliphatic carbocycles. The van der Waals surface area contributed by atoms with Crippen molar-refractivity contribution >= 4 is 17.2 Å². The Labute approximate surface area is 107 Å². The molecule has 1 saturated carbocycles. The lowest BCUT2D eigenvalue weighted by Gasteiger charge is -2.29. The summed E-state index contributed by atoms with van der Waals surface area (Å²) in [6.45, 7) is 2.23. The molecular weight excluding hydrogens is 232 g/mol. The Morgan fingerprint density at radius 2 is 2.24 bits per heavy atom. The van der Waals surface area contributed by atoms with Crippen molar-refractivity contribution in [3.63, 3.8) is 0 Å². The largest absolute Gasteiger partial charge is 0.474 e. The van der Waals surface area contributed by atoms with E-state index < -0.39 is 0 Å². The molecule has 0 amide bonds. The maximum absolute atomic E-state index is 5.98. The SMILES string of the molecule is CC1CCCCC1Oc1ncccc1C(N)=S. The summed E-state index contributed by atoms with van der Waals surface area (Å²) in [6, 6.07) is 3.68. The number of pyridine rings is 1. The van der Waals surface area contributed by atoms with Crippen LogP contribution in [0.2, 0.25) is 0 Å². The van der Waals surface area contributed by atoms with Crippen LogP contribution in [0.3, 0.4) is 0 Å². The fourth-order valence-electron chi connectivity index (χ4n) is 2.27. The minimum atomic E-state index is 0.242. The van der Waals surface area contributed by atoms with Gasteiger partial charge in [0.05, 0.1) is 5.56 Å². The molecule has 1 aliphatic rings. The van der Waals surface area contributed by atoms with Gasteiger partial charge in [0.1, 0.15) is 11.1 Å². The molecule has 0 radical (unpaired) electrons. The van der Waals surface area contributed by atoms with Crippen LogP contribution in [0.25, 0.3) is 0 Å². The molecule has 1 heterocycles. The van der Waals surface area contributed by atoms with Crippen molar-refractivity contribution < 1.29 is 4.74 Å². The van der Waals surface area contributed by atoms with Gasteiger partial charge in [-0.3, -0.25) is 0 Å². The van der Waals surface area contributed by atoms with E-state index in [9.17, 15) is 0 Å². The minimum absolute atomic E-state index is 0.242. The van der Waals surface area contributed by atoms with Crippen LogP contribution in [0.4, 0.5) is 0 Å². The Hall–Kier alpha value is -1.16. The quantitative estimate of drug-likeness (QED) is 0.838. The molecule has 0 bridgehead atoms. The van der Waals surface area contributed by atoms with Gasteiger partial charge in [0, 0.05) is 6.20 Å². The van der Waals surface area contributed by atoms with Crippen molar-refractivity contribution in [2.75, 3.05) is 0 Å². The molecule has 1 aromatic rings. The second-order valence-electron chi connectivity index (χ2n) is 4.64. The highest BCUT2D eigenvalue weighted by molar-refractivity contribution is 7.80. The first-order valence-electron chi connectivity index (χ1n) is 6.10.